The molecule has 0 aromatic carbocycles. The number of aliphatic carboxylic acids is 1. The number of carbonyl (C=O) groups is 2. The summed E-state index contributed by atoms with van der Waals surface area (Å²) in [5, 5.41) is 22.0. The lowest BCUT2D eigenvalue weighted by molar-refractivity contribution is -0.385. The summed E-state index contributed by atoms with van der Waals surface area (Å²) < 4.78 is 5.03. The number of nitro groups is 1. The molecule has 0 saturated carbocycles. The van der Waals surface area contributed by atoms with Gasteiger partial charge >= 0.3 is 12.1 Å². The van der Waals surface area contributed by atoms with Crippen molar-refractivity contribution in [1.82, 2.24) is 10.3 Å². The van der Waals surface area contributed by atoms with Crippen molar-refractivity contribution in [2.75, 3.05) is 0 Å². The van der Waals surface area contributed by atoms with Crippen LogP contribution in [0.25, 0.3) is 0 Å². The molecular formula is C15H21N3O6. The molecule has 132 valence electrons. The largest absolute Gasteiger partial charge is 0.480 e. The van der Waals surface area contributed by atoms with Gasteiger partial charge in [-0.15, -0.1) is 0 Å². The van der Waals surface area contributed by atoms with E-state index in [0.29, 0.717) is 18.5 Å². The van der Waals surface area contributed by atoms with Crippen LogP contribution >= 0.6 is 0 Å². The van der Waals surface area contributed by atoms with Crippen LogP contribution in [0.4, 0.5) is 10.5 Å². The van der Waals surface area contributed by atoms with Gasteiger partial charge in [-0.05, 0) is 46.1 Å². The van der Waals surface area contributed by atoms with E-state index in [1.165, 1.54) is 12.1 Å². The van der Waals surface area contributed by atoms with Crippen LogP contribution in [-0.4, -0.2) is 38.7 Å². The summed E-state index contributed by atoms with van der Waals surface area (Å²) in [4.78, 5) is 36.8. The third-order valence-electron chi connectivity index (χ3n) is 2.93. The van der Waals surface area contributed by atoms with Gasteiger partial charge in [0.1, 0.15) is 17.8 Å². The Hall–Kier alpha value is -2.71. The molecule has 9 nitrogen and oxygen atoms in total. The smallest absolute Gasteiger partial charge is 0.408 e. The molecule has 0 spiro atoms. The summed E-state index contributed by atoms with van der Waals surface area (Å²) in [5.41, 5.74) is -0.203. The summed E-state index contributed by atoms with van der Waals surface area (Å²) in [6.45, 7) is 5.05. The second-order valence-corrected chi connectivity index (χ2v) is 6.19. The van der Waals surface area contributed by atoms with Crippen LogP contribution < -0.4 is 5.32 Å². The van der Waals surface area contributed by atoms with Crippen LogP contribution in [-0.2, 0) is 16.0 Å². The lowest BCUT2D eigenvalue weighted by Crippen LogP contribution is -2.43. The summed E-state index contributed by atoms with van der Waals surface area (Å²) in [6, 6.07) is 1.79. The van der Waals surface area contributed by atoms with Gasteiger partial charge in [0.25, 0.3) is 5.69 Å². The van der Waals surface area contributed by atoms with Crippen molar-refractivity contribution < 1.29 is 24.4 Å². The van der Waals surface area contributed by atoms with E-state index in [1.54, 1.807) is 20.8 Å². The van der Waals surface area contributed by atoms with Gasteiger partial charge in [0.05, 0.1) is 4.92 Å². The van der Waals surface area contributed by atoms with Crippen molar-refractivity contribution in [3.05, 3.63) is 34.1 Å². The number of alkyl carbamates (subject to hydrolysis) is 1. The van der Waals surface area contributed by atoms with Crippen LogP contribution in [0.5, 0.6) is 0 Å². The van der Waals surface area contributed by atoms with Crippen molar-refractivity contribution in [3.63, 3.8) is 0 Å². The van der Waals surface area contributed by atoms with Gasteiger partial charge in [-0.25, -0.2) is 9.59 Å². The fourth-order valence-electron chi connectivity index (χ4n) is 1.87. The molecule has 1 atom stereocenters. The highest BCUT2D eigenvalue weighted by Crippen LogP contribution is 2.12. The first-order chi connectivity index (χ1) is 11.1. The number of amides is 1. The minimum absolute atomic E-state index is 0.103. The standard InChI is InChI=1S/C15H21N3O6/c1-15(2,3)24-14(21)17-12(13(19)20)6-4-5-10-7-8-11(9-16-10)18(22)23/h7-9,12H,4-6H2,1-3H3,(H,17,21)(H,19,20)/t12-/m0/s1. The molecule has 2 N–H and O–H groups in total. The van der Waals surface area contributed by atoms with Crippen molar-refractivity contribution in [1.29, 1.82) is 0 Å². The molecule has 24 heavy (non-hydrogen) atoms. The van der Waals surface area contributed by atoms with Crippen molar-refractivity contribution in [3.8, 4) is 0 Å². The molecule has 0 saturated heterocycles. The number of nitrogens with one attached hydrogen (secondary N) is 1. The topological polar surface area (TPSA) is 132 Å². The first-order valence-electron chi connectivity index (χ1n) is 7.40. The lowest BCUT2D eigenvalue weighted by atomic mass is 10.1. The molecule has 1 heterocycles. The Bertz CT molecular complexity index is 594. The number of hydrogen-bond donors (Lipinski definition) is 2. The number of ether oxygens (including phenoxy) is 1. The Morgan fingerprint density at radius 2 is 2.08 bits per heavy atom. The van der Waals surface area contributed by atoms with Gasteiger partial charge in [-0.3, -0.25) is 15.1 Å². The van der Waals surface area contributed by atoms with Gasteiger partial charge in [0, 0.05) is 11.8 Å². The Kier molecular flexibility index (Phi) is 6.63. The SMILES string of the molecule is CC(C)(C)OC(=O)N[C@@H](CCCc1ccc([N+](=O)[O-])cn1)C(=O)O. The van der Waals surface area contributed by atoms with Crippen molar-refractivity contribution >= 4 is 17.7 Å². The Labute approximate surface area is 139 Å². The summed E-state index contributed by atoms with van der Waals surface area (Å²) in [7, 11) is 0. The highest BCUT2D eigenvalue weighted by atomic mass is 16.6. The lowest BCUT2D eigenvalue weighted by Gasteiger charge is -2.22. The molecule has 9 heteroatoms. The number of nitrogens with zero attached hydrogens (tertiary/aromatic N) is 2. The highest BCUT2D eigenvalue weighted by Gasteiger charge is 2.23. The average Bonchev–Trinajstić information content (AvgIpc) is 2.44. The number of aryl methyl sites for hydroxylation is 1. The van der Waals surface area contributed by atoms with E-state index < -0.39 is 28.6 Å². The van der Waals surface area contributed by atoms with Gasteiger partial charge in [0.15, 0.2) is 0 Å². The van der Waals surface area contributed by atoms with Crippen molar-refractivity contribution in [2.45, 2.75) is 51.7 Å². The Morgan fingerprint density at radius 1 is 1.42 bits per heavy atom. The fraction of sp³-hybridized carbons (Fsp3) is 0.533. The van der Waals surface area contributed by atoms with E-state index in [2.05, 4.69) is 10.3 Å². The molecule has 0 fully saturated rings. The molecule has 0 aliphatic carbocycles. The van der Waals surface area contributed by atoms with E-state index in [0.717, 1.165) is 6.20 Å². The summed E-state index contributed by atoms with van der Waals surface area (Å²) in [5.74, 6) is -1.16. The predicted molar refractivity (Wildman–Crippen MR) is 84.6 cm³/mol. The van der Waals surface area contributed by atoms with E-state index in [4.69, 9.17) is 9.84 Å². The van der Waals surface area contributed by atoms with Crippen LogP contribution in [0.2, 0.25) is 0 Å². The molecule has 1 rings (SSSR count). The van der Waals surface area contributed by atoms with Crippen LogP contribution in [0, 0.1) is 10.1 Å². The molecule has 0 aliphatic rings. The Balaban J connectivity index is 2.50. The first kappa shape index (κ1) is 19.3. The predicted octanol–water partition coefficient (Wildman–Crippen LogP) is 2.29. The zero-order valence-electron chi connectivity index (χ0n) is 13.8. The third kappa shape index (κ3) is 7.03. The maximum atomic E-state index is 11.6. The molecular weight excluding hydrogens is 318 g/mol. The summed E-state index contributed by atoms with van der Waals surface area (Å²) >= 11 is 0. The summed E-state index contributed by atoms with van der Waals surface area (Å²) in [6.07, 6.45) is 1.44. The van der Waals surface area contributed by atoms with Gasteiger partial charge in [-0.2, -0.15) is 0 Å². The molecule has 1 amide bonds. The third-order valence-corrected chi connectivity index (χ3v) is 2.93. The zero-order chi connectivity index (χ0) is 18.3. The monoisotopic (exact) mass is 339 g/mol. The second-order valence-electron chi connectivity index (χ2n) is 6.19. The van der Waals surface area contributed by atoms with Crippen molar-refractivity contribution in [2.24, 2.45) is 0 Å². The van der Waals surface area contributed by atoms with E-state index >= 15 is 0 Å². The number of rotatable bonds is 7. The van der Waals surface area contributed by atoms with Gasteiger partial charge in [0.2, 0.25) is 0 Å². The number of aromatic nitrogens is 1. The van der Waals surface area contributed by atoms with Gasteiger partial charge in [-0.1, -0.05) is 0 Å². The molecule has 0 aliphatic heterocycles. The number of hydrogen-bond acceptors (Lipinski definition) is 6. The average molecular weight is 339 g/mol. The van der Waals surface area contributed by atoms with E-state index in [1.807, 2.05) is 0 Å². The maximum Gasteiger partial charge on any atom is 0.408 e. The van der Waals surface area contributed by atoms with Gasteiger partial charge < -0.3 is 15.2 Å². The molecule has 0 radical (unpaired) electrons. The minimum Gasteiger partial charge on any atom is -0.480 e. The van der Waals surface area contributed by atoms with Crippen LogP contribution in [0.3, 0.4) is 0 Å². The Morgan fingerprint density at radius 3 is 2.54 bits per heavy atom. The molecule has 0 unspecified atom stereocenters. The van der Waals surface area contributed by atoms with Crippen LogP contribution in [0.15, 0.2) is 18.3 Å². The number of carboxylic acids is 1. The van der Waals surface area contributed by atoms with E-state index in [9.17, 15) is 19.7 Å². The number of carboxylic acid groups (broad SMARTS) is 1. The second kappa shape index (κ2) is 8.23. The van der Waals surface area contributed by atoms with E-state index in [-0.39, 0.29) is 12.1 Å². The fourth-order valence-corrected chi connectivity index (χ4v) is 1.87. The zero-order valence-corrected chi connectivity index (χ0v) is 13.8. The highest BCUT2D eigenvalue weighted by molar-refractivity contribution is 5.79. The minimum atomic E-state index is -1.16. The molecule has 1 aromatic heterocycles. The maximum absolute atomic E-state index is 11.6. The quantitative estimate of drug-likeness (QED) is 0.575. The normalized spacial score (nSPS) is 12.3. The number of pyridine rings is 1. The first-order valence-corrected chi connectivity index (χ1v) is 7.40. The molecule has 0 bridgehead atoms. The molecule has 1 aromatic rings. The van der Waals surface area contributed by atoms with Crippen LogP contribution in [0.1, 0.15) is 39.3 Å². The number of carbonyl (C=O) groups excluding carboxylic acids is 1.